The maximum Gasteiger partial charge on any atom is 0.243 e. The molecule has 3 fully saturated rings. The standard InChI is InChI=1S/C19H25FN2O4S/c1-14-8-16(4-5-17(14)20)27(24,25)22-12-19(13-22)10-15(11-26-19)9-18(23)21-6-2-3-7-21/h4-5,8,15H,2-3,6-7,9-13H2,1H3. The molecule has 0 aromatic heterocycles. The van der Waals surface area contributed by atoms with Crippen molar-refractivity contribution >= 4 is 15.9 Å². The molecular formula is C19H25FN2O4S. The van der Waals surface area contributed by atoms with Crippen molar-refractivity contribution in [3.8, 4) is 0 Å². The number of benzene rings is 1. The molecule has 0 aliphatic carbocycles. The number of hydrogen-bond donors (Lipinski definition) is 0. The van der Waals surface area contributed by atoms with Crippen molar-refractivity contribution in [2.24, 2.45) is 5.92 Å². The molecule has 1 unspecified atom stereocenters. The zero-order valence-corrected chi connectivity index (χ0v) is 16.3. The molecule has 3 aliphatic heterocycles. The van der Waals surface area contributed by atoms with E-state index >= 15 is 0 Å². The normalized spacial score (nSPS) is 25.1. The van der Waals surface area contributed by atoms with Crippen LogP contribution < -0.4 is 0 Å². The van der Waals surface area contributed by atoms with Crippen molar-refractivity contribution in [2.75, 3.05) is 32.8 Å². The lowest BCUT2D eigenvalue weighted by Gasteiger charge is -2.46. The van der Waals surface area contributed by atoms with E-state index in [1.54, 1.807) is 6.92 Å². The van der Waals surface area contributed by atoms with Crippen LogP contribution in [0.3, 0.4) is 0 Å². The van der Waals surface area contributed by atoms with E-state index in [-0.39, 0.29) is 16.7 Å². The highest BCUT2D eigenvalue weighted by molar-refractivity contribution is 7.89. The summed E-state index contributed by atoms with van der Waals surface area (Å²) in [5.74, 6) is -0.0848. The number of ether oxygens (including phenoxy) is 1. The Balaban J connectivity index is 1.35. The molecule has 1 aromatic carbocycles. The molecule has 3 saturated heterocycles. The highest BCUT2D eigenvalue weighted by Gasteiger charge is 2.53. The molecular weight excluding hydrogens is 371 g/mol. The quantitative estimate of drug-likeness (QED) is 0.780. The molecule has 8 heteroatoms. The lowest BCUT2D eigenvalue weighted by molar-refractivity contribution is -0.131. The van der Waals surface area contributed by atoms with Crippen LogP contribution in [0.1, 0.15) is 31.2 Å². The van der Waals surface area contributed by atoms with E-state index in [0.717, 1.165) is 25.9 Å². The van der Waals surface area contributed by atoms with Crippen LogP contribution in [0.15, 0.2) is 23.1 Å². The van der Waals surface area contributed by atoms with Crippen molar-refractivity contribution in [3.63, 3.8) is 0 Å². The van der Waals surface area contributed by atoms with Gasteiger partial charge in [0.05, 0.1) is 17.1 Å². The maximum absolute atomic E-state index is 13.4. The van der Waals surface area contributed by atoms with Crippen molar-refractivity contribution in [2.45, 2.75) is 43.1 Å². The minimum absolute atomic E-state index is 0.106. The molecule has 1 atom stereocenters. The SMILES string of the molecule is Cc1cc(S(=O)(=O)N2CC3(CC(CC(=O)N4CCCC4)CO3)C2)ccc1F. The van der Waals surface area contributed by atoms with Gasteiger partial charge < -0.3 is 9.64 Å². The topological polar surface area (TPSA) is 66.9 Å². The summed E-state index contributed by atoms with van der Waals surface area (Å²) in [6.45, 7) is 4.33. The third-order valence-corrected chi connectivity index (χ3v) is 7.69. The number of sulfonamides is 1. The van der Waals surface area contributed by atoms with Gasteiger partial charge in [0.2, 0.25) is 15.9 Å². The zero-order valence-electron chi connectivity index (χ0n) is 15.5. The van der Waals surface area contributed by atoms with Gasteiger partial charge in [0.1, 0.15) is 5.82 Å². The zero-order chi connectivity index (χ0) is 19.2. The molecule has 3 heterocycles. The molecule has 0 saturated carbocycles. The molecule has 0 N–H and O–H groups in total. The van der Waals surface area contributed by atoms with Gasteiger partial charge in [-0.1, -0.05) is 0 Å². The summed E-state index contributed by atoms with van der Waals surface area (Å²) in [4.78, 5) is 14.3. The second kappa shape index (κ2) is 6.83. The average molecular weight is 396 g/mol. The summed E-state index contributed by atoms with van der Waals surface area (Å²) >= 11 is 0. The second-order valence-electron chi connectivity index (χ2n) is 8.04. The Bertz CT molecular complexity index is 845. The van der Waals surface area contributed by atoms with Crippen molar-refractivity contribution in [3.05, 3.63) is 29.6 Å². The van der Waals surface area contributed by atoms with Crippen LogP contribution in [-0.4, -0.2) is 61.9 Å². The van der Waals surface area contributed by atoms with Gasteiger partial charge in [-0.25, -0.2) is 12.8 Å². The molecule has 0 bridgehead atoms. The predicted molar refractivity (Wildman–Crippen MR) is 97.1 cm³/mol. The maximum atomic E-state index is 13.4. The first-order chi connectivity index (χ1) is 12.8. The van der Waals surface area contributed by atoms with Crippen LogP contribution >= 0.6 is 0 Å². The van der Waals surface area contributed by atoms with Crippen molar-refractivity contribution < 1.29 is 22.3 Å². The van der Waals surface area contributed by atoms with Crippen LogP contribution in [-0.2, 0) is 19.6 Å². The lowest BCUT2D eigenvalue weighted by Crippen LogP contribution is -2.63. The Morgan fingerprint density at radius 3 is 2.67 bits per heavy atom. The van der Waals surface area contributed by atoms with E-state index in [4.69, 9.17) is 4.74 Å². The summed E-state index contributed by atoms with van der Waals surface area (Å²) in [6, 6.07) is 3.85. The first-order valence-corrected chi connectivity index (χ1v) is 10.9. The van der Waals surface area contributed by atoms with E-state index in [1.807, 2.05) is 4.90 Å². The van der Waals surface area contributed by atoms with Gasteiger partial charge in [-0.3, -0.25) is 4.79 Å². The molecule has 1 amide bonds. The Hall–Kier alpha value is -1.51. The fourth-order valence-corrected chi connectivity index (χ4v) is 6.00. The molecule has 6 nitrogen and oxygen atoms in total. The average Bonchev–Trinajstić information content (AvgIpc) is 3.25. The lowest BCUT2D eigenvalue weighted by atomic mass is 9.87. The molecule has 27 heavy (non-hydrogen) atoms. The number of rotatable bonds is 4. The molecule has 4 rings (SSSR count). The highest BCUT2D eigenvalue weighted by atomic mass is 32.2. The third-order valence-electron chi connectivity index (χ3n) is 5.90. The third kappa shape index (κ3) is 3.50. The van der Waals surface area contributed by atoms with E-state index in [2.05, 4.69) is 0 Å². The van der Waals surface area contributed by atoms with Crippen LogP contribution in [0.4, 0.5) is 4.39 Å². The van der Waals surface area contributed by atoms with Gasteiger partial charge in [0, 0.05) is 32.6 Å². The molecule has 0 radical (unpaired) electrons. The van der Waals surface area contributed by atoms with Crippen LogP contribution in [0.25, 0.3) is 0 Å². The Morgan fingerprint density at radius 1 is 1.30 bits per heavy atom. The number of carbonyl (C=O) groups excluding carboxylic acids is 1. The largest absolute Gasteiger partial charge is 0.372 e. The number of nitrogens with zero attached hydrogens (tertiary/aromatic N) is 2. The van der Waals surface area contributed by atoms with E-state index in [0.29, 0.717) is 38.1 Å². The minimum atomic E-state index is -3.65. The second-order valence-corrected chi connectivity index (χ2v) is 9.98. The highest BCUT2D eigenvalue weighted by Crippen LogP contribution is 2.41. The molecule has 148 valence electrons. The molecule has 1 aromatic rings. The summed E-state index contributed by atoms with van der Waals surface area (Å²) in [5.41, 5.74) is -0.165. The predicted octanol–water partition coefficient (Wildman–Crippen LogP) is 1.93. The van der Waals surface area contributed by atoms with Crippen molar-refractivity contribution in [1.29, 1.82) is 0 Å². The summed E-state index contributed by atoms with van der Waals surface area (Å²) in [5, 5.41) is 0. The smallest absolute Gasteiger partial charge is 0.243 e. The number of carbonyl (C=O) groups is 1. The van der Waals surface area contributed by atoms with Crippen LogP contribution in [0.2, 0.25) is 0 Å². The van der Waals surface area contributed by atoms with Gasteiger partial charge in [-0.05, 0) is 55.9 Å². The minimum Gasteiger partial charge on any atom is -0.372 e. The summed E-state index contributed by atoms with van der Waals surface area (Å²) < 4.78 is 46.2. The van der Waals surface area contributed by atoms with E-state index < -0.39 is 21.4 Å². The number of aryl methyl sites for hydroxylation is 1. The van der Waals surface area contributed by atoms with E-state index in [9.17, 15) is 17.6 Å². The first-order valence-electron chi connectivity index (χ1n) is 9.47. The first kappa shape index (κ1) is 18.8. The summed E-state index contributed by atoms with van der Waals surface area (Å²) in [7, 11) is -3.65. The summed E-state index contributed by atoms with van der Waals surface area (Å²) in [6.07, 6.45) is 3.34. The molecule has 3 aliphatic rings. The number of hydrogen-bond acceptors (Lipinski definition) is 4. The van der Waals surface area contributed by atoms with Gasteiger partial charge >= 0.3 is 0 Å². The van der Waals surface area contributed by atoms with Gasteiger partial charge in [0.15, 0.2) is 0 Å². The number of amides is 1. The fraction of sp³-hybridized carbons (Fsp3) is 0.632. The van der Waals surface area contributed by atoms with Gasteiger partial charge in [0.25, 0.3) is 0 Å². The van der Waals surface area contributed by atoms with Crippen molar-refractivity contribution in [1.82, 2.24) is 9.21 Å². The monoisotopic (exact) mass is 396 g/mol. The van der Waals surface area contributed by atoms with Crippen LogP contribution in [0.5, 0.6) is 0 Å². The molecule has 1 spiro atoms. The van der Waals surface area contributed by atoms with Gasteiger partial charge in [-0.2, -0.15) is 4.31 Å². The number of halogens is 1. The number of likely N-dealkylation sites (tertiary alicyclic amines) is 1. The van der Waals surface area contributed by atoms with E-state index in [1.165, 1.54) is 22.5 Å². The Kier molecular flexibility index (Phi) is 4.76. The van der Waals surface area contributed by atoms with Gasteiger partial charge in [-0.15, -0.1) is 0 Å². The Labute approximate surface area is 159 Å². The van der Waals surface area contributed by atoms with Crippen LogP contribution in [0, 0.1) is 18.7 Å². The Morgan fingerprint density at radius 2 is 2.00 bits per heavy atom. The fourth-order valence-electron chi connectivity index (χ4n) is 4.33.